The first-order valence-electron chi connectivity index (χ1n) is 11.4. The summed E-state index contributed by atoms with van der Waals surface area (Å²) in [6, 6.07) is 4.13. The Hall–Kier alpha value is -0.430. The van der Waals surface area contributed by atoms with Crippen molar-refractivity contribution in [3.05, 3.63) is 17.0 Å². The third-order valence-corrected chi connectivity index (χ3v) is 8.58. The molecule has 4 nitrogen and oxygen atoms in total. The van der Waals surface area contributed by atoms with E-state index in [1.807, 2.05) is 6.07 Å². The summed E-state index contributed by atoms with van der Waals surface area (Å²) in [7, 11) is -3.36. The molecular weight excluding hydrogens is 388 g/mol. The molecule has 0 aliphatic heterocycles. The SMILES string of the molecule is CCCCCCCCCCCCNS(=O)(=O)c1ccc(C[N]C2CCCC2)s1. The quantitative estimate of drug-likeness (QED) is 0.329. The van der Waals surface area contributed by atoms with Gasteiger partial charge in [0.25, 0.3) is 0 Å². The molecule has 1 aromatic heterocycles. The van der Waals surface area contributed by atoms with Gasteiger partial charge in [-0.2, -0.15) is 0 Å². The molecule has 6 heteroatoms. The summed E-state index contributed by atoms with van der Waals surface area (Å²) in [5, 5.41) is 4.72. The predicted octanol–water partition coefficient (Wildman–Crippen LogP) is 5.99. The Labute approximate surface area is 176 Å². The van der Waals surface area contributed by atoms with Crippen molar-refractivity contribution in [2.24, 2.45) is 0 Å². The first kappa shape index (κ1) is 23.8. The van der Waals surface area contributed by atoms with Gasteiger partial charge in [0.1, 0.15) is 4.21 Å². The van der Waals surface area contributed by atoms with E-state index >= 15 is 0 Å². The van der Waals surface area contributed by atoms with E-state index in [9.17, 15) is 8.42 Å². The van der Waals surface area contributed by atoms with E-state index in [1.54, 1.807) is 6.07 Å². The number of unbranched alkanes of at least 4 members (excludes halogenated alkanes) is 9. The Kier molecular flexibility index (Phi) is 11.7. The van der Waals surface area contributed by atoms with Crippen molar-refractivity contribution in [3.63, 3.8) is 0 Å². The Morgan fingerprint density at radius 3 is 2.21 bits per heavy atom. The maximum Gasteiger partial charge on any atom is 0.250 e. The zero-order valence-corrected chi connectivity index (χ0v) is 19.3. The molecule has 161 valence electrons. The van der Waals surface area contributed by atoms with Gasteiger partial charge in [-0.1, -0.05) is 77.6 Å². The monoisotopic (exact) mass is 427 g/mol. The highest BCUT2D eigenvalue weighted by molar-refractivity contribution is 7.91. The van der Waals surface area contributed by atoms with Gasteiger partial charge < -0.3 is 0 Å². The molecule has 1 N–H and O–H groups in total. The Morgan fingerprint density at radius 2 is 1.57 bits per heavy atom. The zero-order valence-electron chi connectivity index (χ0n) is 17.6. The van der Waals surface area contributed by atoms with Crippen LogP contribution >= 0.6 is 11.3 Å². The highest BCUT2D eigenvalue weighted by Crippen LogP contribution is 2.24. The van der Waals surface area contributed by atoms with Gasteiger partial charge in [0.15, 0.2) is 0 Å². The van der Waals surface area contributed by atoms with E-state index in [-0.39, 0.29) is 0 Å². The molecule has 1 aromatic rings. The molecule has 0 atom stereocenters. The molecule has 28 heavy (non-hydrogen) atoms. The number of sulfonamides is 1. The number of hydrogen-bond acceptors (Lipinski definition) is 3. The van der Waals surface area contributed by atoms with Gasteiger partial charge in [0.2, 0.25) is 10.0 Å². The molecular formula is C22H39N2O2S2. The minimum absolute atomic E-state index is 0.427. The van der Waals surface area contributed by atoms with Crippen LogP contribution in [-0.4, -0.2) is 21.0 Å². The maximum atomic E-state index is 12.4. The number of nitrogens with one attached hydrogen (secondary N) is 1. The largest absolute Gasteiger partial charge is 0.250 e. The van der Waals surface area contributed by atoms with Crippen LogP contribution in [0.1, 0.15) is 102 Å². The Balaban J connectivity index is 1.54. The van der Waals surface area contributed by atoms with E-state index in [0.717, 1.165) is 17.7 Å². The number of nitrogens with zero attached hydrogens (tertiary/aromatic N) is 1. The predicted molar refractivity (Wildman–Crippen MR) is 119 cm³/mol. The van der Waals surface area contributed by atoms with Crippen LogP contribution in [0.15, 0.2) is 16.3 Å². The van der Waals surface area contributed by atoms with Crippen LogP contribution in [-0.2, 0) is 16.6 Å². The lowest BCUT2D eigenvalue weighted by molar-refractivity contribution is 0.515. The standard InChI is InChI=1S/C22H39N2O2S2/c1-2-3-4-5-6-7-8-9-10-13-18-24-28(25,26)22-17-16-21(27-22)19-23-20-14-11-12-15-20/h16-17,20,24H,2-15,18-19H2,1H3. The minimum Gasteiger partial charge on any atom is -0.233 e. The van der Waals surface area contributed by atoms with Crippen molar-refractivity contribution in [2.75, 3.05) is 6.54 Å². The average molecular weight is 428 g/mol. The lowest BCUT2D eigenvalue weighted by atomic mass is 10.1. The van der Waals surface area contributed by atoms with Gasteiger partial charge in [-0.3, -0.25) is 0 Å². The fourth-order valence-corrected chi connectivity index (χ4v) is 6.19. The molecule has 0 unspecified atom stereocenters. The first-order valence-corrected chi connectivity index (χ1v) is 13.7. The third kappa shape index (κ3) is 9.38. The summed E-state index contributed by atoms with van der Waals surface area (Å²) in [4.78, 5) is 1.05. The number of thiophene rings is 1. The van der Waals surface area contributed by atoms with Gasteiger partial charge in [0, 0.05) is 24.0 Å². The molecule has 1 aliphatic carbocycles. The van der Waals surface area contributed by atoms with Gasteiger partial charge >= 0.3 is 0 Å². The molecule has 1 radical (unpaired) electrons. The zero-order chi connectivity index (χ0) is 20.1. The molecule has 0 saturated heterocycles. The van der Waals surface area contributed by atoms with Crippen molar-refractivity contribution in [3.8, 4) is 0 Å². The van der Waals surface area contributed by atoms with Crippen molar-refractivity contribution in [1.29, 1.82) is 0 Å². The summed E-state index contributed by atoms with van der Waals surface area (Å²) in [5.74, 6) is 0. The summed E-state index contributed by atoms with van der Waals surface area (Å²) in [6.07, 6.45) is 17.5. The second-order valence-corrected chi connectivity index (χ2v) is 11.2. The molecule has 1 saturated carbocycles. The number of rotatable bonds is 16. The highest BCUT2D eigenvalue weighted by atomic mass is 32.2. The summed E-state index contributed by atoms with van der Waals surface area (Å²) in [6.45, 7) is 3.44. The topological polar surface area (TPSA) is 60.3 Å². The lowest BCUT2D eigenvalue weighted by Crippen LogP contribution is -2.24. The normalized spacial score (nSPS) is 15.5. The van der Waals surface area contributed by atoms with Gasteiger partial charge in [-0.15, -0.1) is 11.3 Å². The Morgan fingerprint density at radius 1 is 0.964 bits per heavy atom. The molecule has 0 aromatic carbocycles. The van der Waals surface area contributed by atoms with Crippen LogP contribution in [0.2, 0.25) is 0 Å². The van der Waals surface area contributed by atoms with Crippen LogP contribution in [0.4, 0.5) is 0 Å². The minimum atomic E-state index is -3.36. The Bertz CT molecular complexity index is 622. The molecule has 1 aliphatic rings. The first-order chi connectivity index (χ1) is 13.6. The molecule has 0 spiro atoms. The number of hydrogen-bond donors (Lipinski definition) is 1. The lowest BCUT2D eigenvalue weighted by Gasteiger charge is -2.07. The average Bonchev–Trinajstić information content (AvgIpc) is 3.36. The van der Waals surface area contributed by atoms with Gasteiger partial charge in [0.05, 0.1) is 0 Å². The summed E-state index contributed by atoms with van der Waals surface area (Å²) in [5.41, 5.74) is 0. The van der Waals surface area contributed by atoms with Crippen molar-refractivity contribution < 1.29 is 8.42 Å². The van der Waals surface area contributed by atoms with E-state index in [4.69, 9.17) is 5.32 Å². The van der Waals surface area contributed by atoms with E-state index in [0.29, 0.717) is 23.3 Å². The van der Waals surface area contributed by atoms with Gasteiger partial charge in [-0.25, -0.2) is 18.5 Å². The van der Waals surface area contributed by atoms with Crippen molar-refractivity contribution in [1.82, 2.24) is 10.0 Å². The van der Waals surface area contributed by atoms with Crippen molar-refractivity contribution in [2.45, 2.75) is 114 Å². The van der Waals surface area contributed by atoms with Crippen LogP contribution in [0, 0.1) is 0 Å². The van der Waals surface area contributed by atoms with E-state index < -0.39 is 10.0 Å². The third-order valence-electron chi connectivity index (χ3n) is 5.55. The second-order valence-electron chi connectivity index (χ2n) is 8.08. The van der Waals surface area contributed by atoms with Crippen LogP contribution in [0.3, 0.4) is 0 Å². The summed E-state index contributed by atoms with van der Waals surface area (Å²) >= 11 is 1.36. The molecule has 1 fully saturated rings. The van der Waals surface area contributed by atoms with Crippen LogP contribution < -0.4 is 10.0 Å². The second kappa shape index (κ2) is 13.7. The van der Waals surface area contributed by atoms with E-state index in [2.05, 4.69) is 11.6 Å². The maximum absolute atomic E-state index is 12.4. The van der Waals surface area contributed by atoms with Crippen LogP contribution in [0.5, 0.6) is 0 Å². The molecule has 2 rings (SSSR count). The fourth-order valence-electron chi connectivity index (χ4n) is 3.78. The smallest absolute Gasteiger partial charge is 0.233 e. The molecule has 1 heterocycles. The van der Waals surface area contributed by atoms with E-state index in [1.165, 1.54) is 88.4 Å². The van der Waals surface area contributed by atoms with Gasteiger partial charge in [-0.05, 0) is 31.4 Å². The highest BCUT2D eigenvalue weighted by Gasteiger charge is 2.18. The fraction of sp³-hybridized carbons (Fsp3) is 0.818. The van der Waals surface area contributed by atoms with Crippen molar-refractivity contribution >= 4 is 21.4 Å². The molecule has 0 bridgehead atoms. The van der Waals surface area contributed by atoms with Crippen LogP contribution in [0.25, 0.3) is 0 Å². The molecule has 0 amide bonds. The summed E-state index contributed by atoms with van der Waals surface area (Å²) < 4.78 is 28.1.